The number of carbonyl (C=O) groups is 1. The van der Waals surface area contributed by atoms with Crippen LogP contribution in [0.15, 0.2) is 114 Å². The molecule has 0 fully saturated rings. The third-order valence-electron chi connectivity index (χ3n) is 5.59. The monoisotopic (exact) mass is 507 g/mol. The van der Waals surface area contributed by atoms with Gasteiger partial charge in [0.05, 0.1) is 11.4 Å². The van der Waals surface area contributed by atoms with Gasteiger partial charge in [-0.05, 0) is 54.4 Å². The minimum absolute atomic E-state index is 0.258. The summed E-state index contributed by atoms with van der Waals surface area (Å²) in [6.45, 7) is 2.05. The van der Waals surface area contributed by atoms with Crippen molar-refractivity contribution in [1.29, 1.82) is 0 Å². The lowest BCUT2D eigenvalue weighted by molar-refractivity contribution is 0.102. The highest BCUT2D eigenvalue weighted by molar-refractivity contribution is 9.10. The number of carbonyl (C=O) groups excluding carboxylic acids is 1. The number of halogens is 1. The molecule has 0 bridgehead atoms. The largest absolute Gasteiger partial charge is 0.321 e. The first-order valence-corrected chi connectivity index (χ1v) is 11.8. The second-order valence-electron chi connectivity index (χ2n) is 8.07. The van der Waals surface area contributed by atoms with E-state index in [0.717, 1.165) is 38.1 Å². The average molecular weight is 508 g/mol. The van der Waals surface area contributed by atoms with E-state index >= 15 is 0 Å². The zero-order chi connectivity index (χ0) is 23.5. The van der Waals surface area contributed by atoms with Gasteiger partial charge < -0.3 is 5.32 Å². The molecule has 5 heteroatoms. The van der Waals surface area contributed by atoms with Crippen molar-refractivity contribution >= 4 is 27.5 Å². The lowest BCUT2D eigenvalue weighted by Crippen LogP contribution is -2.13. The van der Waals surface area contributed by atoms with Crippen LogP contribution in [0.2, 0.25) is 0 Å². The maximum Gasteiger partial charge on any atom is 0.276 e. The second-order valence-corrected chi connectivity index (χ2v) is 8.99. The highest BCUT2D eigenvalue weighted by Crippen LogP contribution is 2.28. The quantitative estimate of drug-likeness (QED) is 0.267. The number of hydrogen-bond acceptors (Lipinski definition) is 2. The maximum atomic E-state index is 13.0. The molecule has 5 aromatic rings. The summed E-state index contributed by atoms with van der Waals surface area (Å²) in [6.07, 6.45) is 0. The number of aryl methyl sites for hydroxylation is 1. The molecule has 1 amide bonds. The number of hydrogen-bond donors (Lipinski definition) is 1. The van der Waals surface area contributed by atoms with E-state index in [1.54, 1.807) is 0 Å². The minimum Gasteiger partial charge on any atom is -0.321 e. The Bertz CT molecular complexity index is 1440. The summed E-state index contributed by atoms with van der Waals surface area (Å²) >= 11 is 3.44. The number of amides is 1. The van der Waals surface area contributed by atoms with Crippen LogP contribution in [-0.4, -0.2) is 15.7 Å². The Balaban J connectivity index is 1.53. The molecule has 1 aromatic heterocycles. The molecule has 34 heavy (non-hydrogen) atoms. The Morgan fingerprint density at radius 1 is 0.765 bits per heavy atom. The van der Waals surface area contributed by atoms with Crippen molar-refractivity contribution in [1.82, 2.24) is 9.78 Å². The Morgan fingerprint density at radius 3 is 2.15 bits per heavy atom. The summed E-state index contributed by atoms with van der Waals surface area (Å²) in [5.74, 6) is -0.258. The third kappa shape index (κ3) is 4.70. The van der Waals surface area contributed by atoms with Crippen LogP contribution in [0, 0.1) is 6.92 Å². The molecule has 0 aliphatic carbocycles. The molecule has 0 unspecified atom stereocenters. The van der Waals surface area contributed by atoms with E-state index in [2.05, 4.69) is 62.7 Å². The summed E-state index contributed by atoms with van der Waals surface area (Å²) in [4.78, 5) is 13.0. The van der Waals surface area contributed by atoms with Crippen molar-refractivity contribution in [3.63, 3.8) is 0 Å². The summed E-state index contributed by atoms with van der Waals surface area (Å²) in [7, 11) is 0. The van der Waals surface area contributed by atoms with Crippen molar-refractivity contribution in [3.8, 4) is 28.1 Å². The molecule has 1 N–H and O–H groups in total. The number of nitrogens with one attached hydrogen (secondary N) is 1. The van der Waals surface area contributed by atoms with Gasteiger partial charge in [-0.1, -0.05) is 94.3 Å². The van der Waals surface area contributed by atoms with Gasteiger partial charge in [0.15, 0.2) is 5.69 Å². The van der Waals surface area contributed by atoms with Gasteiger partial charge >= 0.3 is 0 Å². The van der Waals surface area contributed by atoms with E-state index in [0.29, 0.717) is 11.4 Å². The summed E-state index contributed by atoms with van der Waals surface area (Å²) in [5, 5.41) is 7.62. The van der Waals surface area contributed by atoms with Crippen LogP contribution in [0.1, 0.15) is 16.1 Å². The van der Waals surface area contributed by atoms with Crippen molar-refractivity contribution in [2.24, 2.45) is 0 Å². The van der Waals surface area contributed by atoms with Crippen LogP contribution in [0.4, 0.5) is 5.69 Å². The smallest absolute Gasteiger partial charge is 0.276 e. The molecule has 1 heterocycles. The molecule has 0 aliphatic heterocycles. The third-order valence-corrected chi connectivity index (χ3v) is 6.08. The van der Waals surface area contributed by atoms with E-state index in [4.69, 9.17) is 0 Å². The molecule has 0 aliphatic rings. The first kappa shape index (κ1) is 21.9. The molecule has 0 radical (unpaired) electrons. The predicted octanol–water partition coefficient (Wildman–Crippen LogP) is 7.53. The molecule has 0 spiro atoms. The summed E-state index contributed by atoms with van der Waals surface area (Å²) in [6, 6.07) is 36.1. The van der Waals surface area contributed by atoms with Crippen molar-refractivity contribution in [2.75, 3.05) is 5.32 Å². The van der Waals surface area contributed by atoms with Crippen LogP contribution in [0.3, 0.4) is 0 Å². The van der Waals surface area contributed by atoms with Crippen molar-refractivity contribution in [3.05, 3.63) is 125 Å². The Kier molecular flexibility index (Phi) is 6.11. The normalized spacial score (nSPS) is 10.8. The van der Waals surface area contributed by atoms with E-state index in [-0.39, 0.29) is 5.91 Å². The number of anilines is 1. The molecular formula is C29H22BrN3O. The van der Waals surface area contributed by atoms with Crippen LogP contribution < -0.4 is 5.32 Å². The van der Waals surface area contributed by atoms with E-state index in [9.17, 15) is 4.79 Å². The van der Waals surface area contributed by atoms with Crippen LogP contribution in [0.25, 0.3) is 28.1 Å². The zero-order valence-electron chi connectivity index (χ0n) is 18.6. The molecule has 0 saturated carbocycles. The van der Waals surface area contributed by atoms with E-state index in [1.165, 1.54) is 0 Å². The lowest BCUT2D eigenvalue weighted by Gasteiger charge is -2.09. The molecule has 4 aromatic carbocycles. The van der Waals surface area contributed by atoms with Gasteiger partial charge in [0, 0.05) is 15.7 Å². The Morgan fingerprint density at radius 2 is 1.44 bits per heavy atom. The molecular weight excluding hydrogens is 486 g/mol. The first-order chi connectivity index (χ1) is 16.6. The fraction of sp³-hybridized carbons (Fsp3) is 0.0345. The average Bonchev–Trinajstić information content (AvgIpc) is 3.31. The van der Waals surface area contributed by atoms with E-state index < -0.39 is 0 Å². The fourth-order valence-electron chi connectivity index (χ4n) is 3.81. The predicted molar refractivity (Wildman–Crippen MR) is 141 cm³/mol. The van der Waals surface area contributed by atoms with Gasteiger partial charge in [-0.25, -0.2) is 4.68 Å². The zero-order valence-corrected chi connectivity index (χ0v) is 20.2. The second kappa shape index (κ2) is 9.49. The molecule has 5 rings (SSSR count). The van der Waals surface area contributed by atoms with Crippen molar-refractivity contribution in [2.45, 2.75) is 6.92 Å². The maximum absolute atomic E-state index is 13.0. The van der Waals surface area contributed by atoms with Gasteiger partial charge in [-0.3, -0.25) is 4.79 Å². The molecule has 166 valence electrons. The number of nitrogens with zero attached hydrogens (tertiary/aromatic N) is 2. The Labute approximate surface area is 207 Å². The molecule has 0 atom stereocenters. The Hall–Kier alpha value is -3.96. The fourth-order valence-corrected chi connectivity index (χ4v) is 4.21. The van der Waals surface area contributed by atoms with Crippen LogP contribution in [-0.2, 0) is 0 Å². The van der Waals surface area contributed by atoms with Gasteiger partial charge in [0.2, 0.25) is 0 Å². The van der Waals surface area contributed by atoms with Crippen molar-refractivity contribution < 1.29 is 4.79 Å². The van der Waals surface area contributed by atoms with Crippen LogP contribution in [0.5, 0.6) is 0 Å². The number of rotatable bonds is 5. The molecule has 0 saturated heterocycles. The van der Waals surface area contributed by atoms with Gasteiger partial charge in [0.25, 0.3) is 5.91 Å². The van der Waals surface area contributed by atoms with Gasteiger partial charge in [-0.2, -0.15) is 5.10 Å². The first-order valence-electron chi connectivity index (χ1n) is 11.0. The standard InChI is InChI=1S/C29H22BrN3O/c1-20-10-16-26(17-11-20)33-28(23-14-12-22(13-15-23)21-6-3-2-4-7-21)19-27(32-33)29(34)31-25-9-5-8-24(30)18-25/h2-19H,1H3,(H,31,34). The minimum atomic E-state index is -0.258. The lowest BCUT2D eigenvalue weighted by atomic mass is 10.0. The van der Waals surface area contributed by atoms with E-state index in [1.807, 2.05) is 84.4 Å². The molecule has 4 nitrogen and oxygen atoms in total. The summed E-state index contributed by atoms with van der Waals surface area (Å²) in [5.41, 5.74) is 7.25. The van der Waals surface area contributed by atoms with Crippen LogP contribution >= 0.6 is 15.9 Å². The number of aromatic nitrogens is 2. The topological polar surface area (TPSA) is 46.9 Å². The van der Waals surface area contributed by atoms with Gasteiger partial charge in [-0.15, -0.1) is 0 Å². The SMILES string of the molecule is Cc1ccc(-n2nc(C(=O)Nc3cccc(Br)c3)cc2-c2ccc(-c3ccccc3)cc2)cc1. The van der Waals surface area contributed by atoms with Gasteiger partial charge in [0.1, 0.15) is 0 Å². The summed E-state index contributed by atoms with van der Waals surface area (Å²) < 4.78 is 2.72. The highest BCUT2D eigenvalue weighted by Gasteiger charge is 2.17. The highest BCUT2D eigenvalue weighted by atomic mass is 79.9. The number of benzene rings is 4.